The standard InChI is InChI=1S/C24H16Cl3N3O/c1-13-2-4-14(5-3-13)21-20-22(29-28-21)24(31)30(17-9-6-15(25)7-10-17)23(20)18-11-8-16(26)12-19(18)27/h2-12,23H,1H3,(H,28,29). The Morgan fingerprint density at radius 2 is 1.58 bits per heavy atom. The maximum atomic E-state index is 13.5. The fraction of sp³-hybridized carbons (Fsp3) is 0.0833. The minimum atomic E-state index is -0.469. The smallest absolute Gasteiger partial charge is 0.277 e. The summed E-state index contributed by atoms with van der Waals surface area (Å²) in [6.07, 6.45) is 0. The molecule has 1 atom stereocenters. The van der Waals surface area contributed by atoms with Gasteiger partial charge in [-0.1, -0.05) is 70.7 Å². The van der Waals surface area contributed by atoms with Crippen molar-refractivity contribution in [1.82, 2.24) is 10.2 Å². The Hall–Kier alpha value is -2.79. The molecule has 1 N–H and O–H groups in total. The molecule has 1 aliphatic rings. The highest BCUT2D eigenvalue weighted by Gasteiger charge is 2.43. The summed E-state index contributed by atoms with van der Waals surface area (Å²) in [5.41, 5.74) is 5.49. The fourth-order valence-electron chi connectivity index (χ4n) is 3.96. The molecule has 154 valence electrons. The van der Waals surface area contributed by atoms with Crippen LogP contribution in [0.25, 0.3) is 11.3 Å². The van der Waals surface area contributed by atoms with Gasteiger partial charge in [0.1, 0.15) is 5.69 Å². The van der Waals surface area contributed by atoms with Crippen molar-refractivity contribution in [1.29, 1.82) is 0 Å². The molecule has 0 bridgehead atoms. The highest BCUT2D eigenvalue weighted by Crippen LogP contribution is 2.47. The molecule has 1 amide bonds. The van der Waals surface area contributed by atoms with Crippen molar-refractivity contribution in [3.63, 3.8) is 0 Å². The number of carbonyl (C=O) groups is 1. The van der Waals surface area contributed by atoms with Gasteiger partial charge < -0.3 is 0 Å². The number of amides is 1. The summed E-state index contributed by atoms with van der Waals surface area (Å²) in [5, 5.41) is 9.05. The summed E-state index contributed by atoms with van der Waals surface area (Å²) in [6, 6.07) is 20.1. The number of aromatic nitrogens is 2. The highest BCUT2D eigenvalue weighted by molar-refractivity contribution is 6.35. The van der Waals surface area contributed by atoms with Crippen molar-refractivity contribution in [3.8, 4) is 11.3 Å². The van der Waals surface area contributed by atoms with Crippen LogP contribution >= 0.6 is 34.8 Å². The van der Waals surface area contributed by atoms with Crippen LogP contribution < -0.4 is 4.90 Å². The van der Waals surface area contributed by atoms with Crippen LogP contribution in [0.15, 0.2) is 66.7 Å². The largest absolute Gasteiger partial charge is 0.295 e. The van der Waals surface area contributed by atoms with Crippen LogP contribution in [0.3, 0.4) is 0 Å². The third-order valence-electron chi connectivity index (χ3n) is 5.46. The monoisotopic (exact) mass is 467 g/mol. The number of halogens is 3. The van der Waals surface area contributed by atoms with E-state index >= 15 is 0 Å². The van der Waals surface area contributed by atoms with Crippen molar-refractivity contribution in [2.45, 2.75) is 13.0 Å². The number of anilines is 1. The first-order valence-electron chi connectivity index (χ1n) is 9.63. The Balaban J connectivity index is 1.74. The summed E-state index contributed by atoms with van der Waals surface area (Å²) in [5.74, 6) is -0.181. The van der Waals surface area contributed by atoms with Gasteiger partial charge in [0.25, 0.3) is 5.91 Å². The van der Waals surface area contributed by atoms with Crippen molar-refractivity contribution >= 4 is 46.4 Å². The van der Waals surface area contributed by atoms with Gasteiger partial charge in [0, 0.05) is 31.9 Å². The van der Waals surface area contributed by atoms with Gasteiger partial charge in [-0.2, -0.15) is 5.10 Å². The molecule has 0 fully saturated rings. The number of aryl methyl sites for hydroxylation is 1. The first-order valence-corrected chi connectivity index (χ1v) is 10.8. The van der Waals surface area contributed by atoms with E-state index in [4.69, 9.17) is 34.8 Å². The summed E-state index contributed by atoms with van der Waals surface area (Å²) < 4.78 is 0. The van der Waals surface area contributed by atoms with Gasteiger partial charge in [0.15, 0.2) is 0 Å². The Labute approximate surface area is 194 Å². The maximum absolute atomic E-state index is 13.5. The number of fused-ring (bicyclic) bond motifs is 1. The van der Waals surface area contributed by atoms with E-state index in [1.807, 2.05) is 49.4 Å². The average molecular weight is 469 g/mol. The molecule has 0 aliphatic carbocycles. The number of nitrogens with one attached hydrogen (secondary N) is 1. The molecule has 0 radical (unpaired) electrons. The zero-order chi connectivity index (χ0) is 21.7. The van der Waals surface area contributed by atoms with E-state index in [0.29, 0.717) is 26.4 Å². The minimum Gasteiger partial charge on any atom is -0.295 e. The van der Waals surface area contributed by atoms with Gasteiger partial charge in [-0.25, -0.2) is 0 Å². The molecule has 5 rings (SSSR count). The number of benzene rings is 3. The lowest BCUT2D eigenvalue weighted by atomic mass is 9.95. The van der Waals surface area contributed by atoms with Crippen LogP contribution in [0.2, 0.25) is 15.1 Å². The molecule has 0 saturated carbocycles. The number of hydrogen-bond acceptors (Lipinski definition) is 2. The van der Waals surface area contributed by atoms with Gasteiger partial charge >= 0.3 is 0 Å². The zero-order valence-corrected chi connectivity index (χ0v) is 18.6. The molecule has 31 heavy (non-hydrogen) atoms. The van der Waals surface area contributed by atoms with E-state index in [1.165, 1.54) is 0 Å². The molecule has 1 aromatic heterocycles. The average Bonchev–Trinajstić information content (AvgIpc) is 3.29. The number of rotatable bonds is 3. The molecule has 2 heterocycles. The van der Waals surface area contributed by atoms with Gasteiger partial charge in [-0.15, -0.1) is 0 Å². The number of aromatic amines is 1. The second kappa shape index (κ2) is 7.72. The molecule has 0 saturated heterocycles. The molecule has 7 heteroatoms. The maximum Gasteiger partial charge on any atom is 0.277 e. The number of hydrogen-bond donors (Lipinski definition) is 1. The van der Waals surface area contributed by atoms with Crippen molar-refractivity contribution in [2.75, 3.05) is 4.90 Å². The van der Waals surface area contributed by atoms with Crippen molar-refractivity contribution < 1.29 is 4.79 Å². The number of H-pyrrole nitrogens is 1. The molecule has 3 aromatic carbocycles. The third-order valence-corrected chi connectivity index (χ3v) is 6.27. The van der Waals surface area contributed by atoms with Crippen LogP contribution in [-0.2, 0) is 0 Å². The molecular weight excluding hydrogens is 453 g/mol. The fourth-order valence-corrected chi connectivity index (χ4v) is 4.60. The summed E-state index contributed by atoms with van der Waals surface area (Å²) in [7, 11) is 0. The van der Waals surface area contributed by atoms with E-state index in [-0.39, 0.29) is 5.91 Å². The Kier molecular flexibility index (Phi) is 5.01. The normalized spacial score (nSPS) is 15.4. The topological polar surface area (TPSA) is 49.0 Å². The lowest BCUT2D eigenvalue weighted by molar-refractivity contribution is 0.0989. The SMILES string of the molecule is Cc1ccc(-c2n[nH]c3c2C(c2ccc(Cl)cc2Cl)N(c2ccc(Cl)cc2)C3=O)cc1. The molecule has 4 aromatic rings. The van der Waals surface area contributed by atoms with Crippen LogP contribution in [0.5, 0.6) is 0 Å². The first-order chi connectivity index (χ1) is 14.9. The Morgan fingerprint density at radius 1 is 0.903 bits per heavy atom. The number of carbonyl (C=O) groups excluding carboxylic acids is 1. The van der Waals surface area contributed by atoms with Crippen LogP contribution in [-0.4, -0.2) is 16.1 Å². The van der Waals surface area contributed by atoms with E-state index in [9.17, 15) is 4.79 Å². The van der Waals surface area contributed by atoms with Crippen LogP contribution in [0.1, 0.15) is 33.2 Å². The van der Waals surface area contributed by atoms with E-state index in [0.717, 1.165) is 27.9 Å². The molecular formula is C24H16Cl3N3O. The quantitative estimate of drug-likeness (QED) is 0.349. The van der Waals surface area contributed by atoms with Gasteiger partial charge in [-0.3, -0.25) is 14.8 Å². The van der Waals surface area contributed by atoms with E-state index in [2.05, 4.69) is 10.2 Å². The second-order valence-corrected chi connectivity index (χ2v) is 8.73. The summed E-state index contributed by atoms with van der Waals surface area (Å²) >= 11 is 18.8. The third kappa shape index (κ3) is 3.41. The number of nitrogens with zero attached hydrogens (tertiary/aromatic N) is 2. The predicted molar refractivity (Wildman–Crippen MR) is 125 cm³/mol. The van der Waals surface area contributed by atoms with Gasteiger partial charge in [0.05, 0.1) is 11.7 Å². The van der Waals surface area contributed by atoms with E-state index in [1.54, 1.807) is 29.2 Å². The molecule has 0 spiro atoms. The lowest BCUT2D eigenvalue weighted by Crippen LogP contribution is -2.29. The molecule has 4 nitrogen and oxygen atoms in total. The predicted octanol–water partition coefficient (Wildman–Crippen LogP) is 7.10. The van der Waals surface area contributed by atoms with Crippen LogP contribution in [0.4, 0.5) is 5.69 Å². The minimum absolute atomic E-state index is 0.181. The molecule has 1 aliphatic heterocycles. The van der Waals surface area contributed by atoms with Crippen molar-refractivity contribution in [2.24, 2.45) is 0 Å². The second-order valence-electron chi connectivity index (χ2n) is 7.45. The molecule has 1 unspecified atom stereocenters. The van der Waals surface area contributed by atoms with Gasteiger partial charge in [0.2, 0.25) is 0 Å². The summed E-state index contributed by atoms with van der Waals surface area (Å²) in [4.78, 5) is 15.2. The highest BCUT2D eigenvalue weighted by atomic mass is 35.5. The van der Waals surface area contributed by atoms with Crippen molar-refractivity contribution in [3.05, 3.63) is 104 Å². The van der Waals surface area contributed by atoms with E-state index < -0.39 is 6.04 Å². The Morgan fingerprint density at radius 3 is 2.26 bits per heavy atom. The van der Waals surface area contributed by atoms with Gasteiger partial charge in [-0.05, 0) is 48.9 Å². The first kappa shape index (κ1) is 20.1. The van der Waals surface area contributed by atoms with Crippen LogP contribution in [0, 0.1) is 6.92 Å². The lowest BCUT2D eigenvalue weighted by Gasteiger charge is -2.27. The Bertz CT molecular complexity index is 1300. The summed E-state index contributed by atoms with van der Waals surface area (Å²) in [6.45, 7) is 2.03. The zero-order valence-electron chi connectivity index (χ0n) is 16.4.